The molecule has 0 bridgehead atoms. The van der Waals surface area contributed by atoms with Crippen molar-refractivity contribution in [3.8, 4) is 0 Å². The Bertz CT molecular complexity index is 320. The maximum atomic E-state index is 11.4. The van der Waals surface area contributed by atoms with Crippen LogP contribution in [-0.4, -0.2) is 17.9 Å². The maximum Gasteiger partial charge on any atom is 0.184 e. The van der Waals surface area contributed by atoms with Crippen molar-refractivity contribution in [3.63, 3.8) is 0 Å². The molecule has 0 spiro atoms. The molecule has 0 saturated carbocycles. The quantitative estimate of drug-likeness (QED) is 0.632. The first-order valence-electron chi connectivity index (χ1n) is 4.32. The molecule has 2 unspecified atom stereocenters. The van der Waals surface area contributed by atoms with Crippen LogP contribution in [0, 0.1) is 15.2 Å². The second-order valence-corrected chi connectivity index (χ2v) is 4.13. The first-order chi connectivity index (χ1) is 6.45. The zero-order valence-corrected chi connectivity index (χ0v) is 8.35. The normalized spacial score (nSPS) is 30.8. The Morgan fingerprint density at radius 1 is 1.21 bits per heavy atom. The van der Waals surface area contributed by atoms with Gasteiger partial charge in [0, 0.05) is 5.41 Å². The molecule has 0 radical (unpaired) electrons. The molecule has 0 aromatic rings. The molecular weight excluding hydrogens is 184 g/mol. The lowest BCUT2D eigenvalue weighted by Crippen LogP contribution is -2.46. The number of nitrogens with zero attached hydrogens (tertiary/aromatic N) is 2. The SMILES string of the molecule is CC1=CC(=O)C(N=O)C(C)(C)C1N=O. The number of hydrogen-bond acceptors (Lipinski definition) is 5. The lowest BCUT2D eigenvalue weighted by molar-refractivity contribution is -0.118. The number of carbonyl (C=O) groups is 1. The van der Waals surface area contributed by atoms with E-state index >= 15 is 0 Å². The molecule has 2 atom stereocenters. The van der Waals surface area contributed by atoms with Crippen LogP contribution in [0.5, 0.6) is 0 Å². The number of carbonyl (C=O) groups excluding carboxylic acids is 1. The molecule has 5 heteroatoms. The highest BCUT2D eigenvalue weighted by atomic mass is 16.3. The summed E-state index contributed by atoms with van der Waals surface area (Å²) in [5, 5.41) is 5.72. The third kappa shape index (κ3) is 1.38. The van der Waals surface area contributed by atoms with Crippen molar-refractivity contribution >= 4 is 5.78 Å². The van der Waals surface area contributed by atoms with Gasteiger partial charge in [-0.05, 0) is 18.6 Å². The average molecular weight is 196 g/mol. The Balaban J connectivity index is 3.23. The molecular formula is C9H12N2O3. The van der Waals surface area contributed by atoms with Crippen LogP contribution in [0.1, 0.15) is 20.8 Å². The average Bonchev–Trinajstić information content (AvgIpc) is 2.02. The molecule has 0 saturated heterocycles. The van der Waals surface area contributed by atoms with E-state index in [0.29, 0.717) is 5.57 Å². The number of hydrogen-bond donors (Lipinski definition) is 0. The van der Waals surface area contributed by atoms with Gasteiger partial charge in [-0.2, -0.15) is 9.81 Å². The van der Waals surface area contributed by atoms with Gasteiger partial charge in [0.15, 0.2) is 11.8 Å². The first kappa shape index (κ1) is 10.7. The van der Waals surface area contributed by atoms with Crippen LogP contribution in [0.2, 0.25) is 0 Å². The van der Waals surface area contributed by atoms with E-state index in [9.17, 15) is 14.6 Å². The highest BCUT2D eigenvalue weighted by Crippen LogP contribution is 2.38. The van der Waals surface area contributed by atoms with Crippen molar-refractivity contribution < 1.29 is 4.79 Å². The van der Waals surface area contributed by atoms with Crippen LogP contribution in [0.25, 0.3) is 0 Å². The van der Waals surface area contributed by atoms with Crippen LogP contribution in [-0.2, 0) is 4.79 Å². The largest absolute Gasteiger partial charge is 0.292 e. The monoisotopic (exact) mass is 196 g/mol. The van der Waals surface area contributed by atoms with Crippen LogP contribution >= 0.6 is 0 Å². The number of nitroso groups, excluding NO2 is 2. The molecule has 1 rings (SSSR count). The summed E-state index contributed by atoms with van der Waals surface area (Å²) in [5.41, 5.74) is -0.228. The number of ketones is 1. The zero-order valence-electron chi connectivity index (χ0n) is 8.35. The summed E-state index contributed by atoms with van der Waals surface area (Å²) in [6.07, 6.45) is 1.28. The smallest absolute Gasteiger partial charge is 0.184 e. The Hall–Kier alpha value is -1.39. The first-order valence-corrected chi connectivity index (χ1v) is 4.32. The minimum atomic E-state index is -1.01. The highest BCUT2D eigenvalue weighted by Gasteiger charge is 2.47. The Morgan fingerprint density at radius 2 is 1.71 bits per heavy atom. The summed E-state index contributed by atoms with van der Waals surface area (Å²) >= 11 is 0. The molecule has 0 fully saturated rings. The second-order valence-electron chi connectivity index (χ2n) is 4.13. The highest BCUT2D eigenvalue weighted by molar-refractivity contribution is 5.97. The third-order valence-electron chi connectivity index (χ3n) is 2.69. The van der Waals surface area contributed by atoms with Crippen molar-refractivity contribution in [2.45, 2.75) is 32.9 Å². The van der Waals surface area contributed by atoms with Gasteiger partial charge in [-0.1, -0.05) is 24.2 Å². The molecule has 76 valence electrons. The molecule has 0 aromatic carbocycles. The van der Waals surface area contributed by atoms with E-state index in [-0.39, 0.29) is 5.78 Å². The molecule has 0 N–H and O–H groups in total. The Labute approximate surface area is 81.5 Å². The predicted molar refractivity (Wildman–Crippen MR) is 51.7 cm³/mol. The van der Waals surface area contributed by atoms with E-state index in [1.807, 2.05) is 0 Å². The standard InChI is InChI=1S/C9H12N2O3/c1-5-4-6(12)8(11-14)9(2,3)7(5)10-13/h4,7-8H,1-3H3. The number of rotatable bonds is 2. The second kappa shape index (κ2) is 3.40. The lowest BCUT2D eigenvalue weighted by atomic mass is 9.70. The Kier molecular flexibility index (Phi) is 2.59. The fourth-order valence-electron chi connectivity index (χ4n) is 1.89. The minimum Gasteiger partial charge on any atom is -0.292 e. The van der Waals surface area contributed by atoms with Crippen molar-refractivity contribution in [2.24, 2.45) is 15.8 Å². The van der Waals surface area contributed by atoms with Gasteiger partial charge >= 0.3 is 0 Å². The van der Waals surface area contributed by atoms with Crippen LogP contribution < -0.4 is 0 Å². The van der Waals surface area contributed by atoms with Gasteiger partial charge in [0.1, 0.15) is 6.04 Å². The summed E-state index contributed by atoms with van der Waals surface area (Å²) in [7, 11) is 0. The molecule has 0 aromatic heterocycles. The van der Waals surface area contributed by atoms with Crippen molar-refractivity contribution in [3.05, 3.63) is 21.5 Å². The van der Waals surface area contributed by atoms with Crippen LogP contribution in [0.15, 0.2) is 22.0 Å². The van der Waals surface area contributed by atoms with Crippen molar-refractivity contribution in [1.82, 2.24) is 0 Å². The predicted octanol–water partition coefficient (Wildman–Crippen LogP) is 1.81. The fourth-order valence-corrected chi connectivity index (χ4v) is 1.89. The van der Waals surface area contributed by atoms with Gasteiger partial charge in [-0.3, -0.25) is 4.79 Å². The molecule has 0 heterocycles. The van der Waals surface area contributed by atoms with Gasteiger partial charge in [0.25, 0.3) is 0 Å². The minimum absolute atomic E-state index is 0.345. The van der Waals surface area contributed by atoms with Crippen molar-refractivity contribution in [1.29, 1.82) is 0 Å². The molecule has 0 amide bonds. The lowest BCUT2D eigenvalue weighted by Gasteiger charge is -2.35. The molecule has 1 aliphatic rings. The van der Waals surface area contributed by atoms with E-state index in [1.165, 1.54) is 6.08 Å². The van der Waals surface area contributed by atoms with Gasteiger partial charge in [-0.25, -0.2) is 0 Å². The fraction of sp³-hybridized carbons (Fsp3) is 0.667. The van der Waals surface area contributed by atoms with Gasteiger partial charge < -0.3 is 0 Å². The van der Waals surface area contributed by atoms with Crippen LogP contribution in [0.3, 0.4) is 0 Å². The summed E-state index contributed by atoms with van der Waals surface area (Å²) in [5.74, 6) is -0.345. The van der Waals surface area contributed by atoms with E-state index in [1.54, 1.807) is 20.8 Å². The van der Waals surface area contributed by atoms with E-state index < -0.39 is 17.5 Å². The Morgan fingerprint density at radius 3 is 2.14 bits per heavy atom. The van der Waals surface area contributed by atoms with Gasteiger partial charge in [0.05, 0.1) is 0 Å². The third-order valence-corrected chi connectivity index (χ3v) is 2.69. The van der Waals surface area contributed by atoms with E-state index in [0.717, 1.165) is 0 Å². The molecule has 5 nitrogen and oxygen atoms in total. The molecule has 1 aliphatic carbocycles. The zero-order chi connectivity index (χ0) is 10.9. The van der Waals surface area contributed by atoms with Crippen LogP contribution in [0.4, 0.5) is 0 Å². The topological polar surface area (TPSA) is 75.9 Å². The maximum absolute atomic E-state index is 11.4. The summed E-state index contributed by atoms with van der Waals surface area (Å²) in [4.78, 5) is 32.5. The van der Waals surface area contributed by atoms with E-state index in [2.05, 4.69) is 10.4 Å². The van der Waals surface area contributed by atoms with Crippen molar-refractivity contribution in [2.75, 3.05) is 0 Å². The summed E-state index contributed by atoms with van der Waals surface area (Å²) < 4.78 is 0. The molecule has 14 heavy (non-hydrogen) atoms. The van der Waals surface area contributed by atoms with E-state index in [4.69, 9.17) is 0 Å². The van der Waals surface area contributed by atoms with Gasteiger partial charge in [-0.15, -0.1) is 0 Å². The summed E-state index contributed by atoms with van der Waals surface area (Å²) in [6, 6.07) is -1.66. The van der Waals surface area contributed by atoms with Gasteiger partial charge in [0.2, 0.25) is 0 Å². The summed E-state index contributed by atoms with van der Waals surface area (Å²) in [6.45, 7) is 4.96. The molecule has 0 aliphatic heterocycles.